The first-order valence-electron chi connectivity index (χ1n) is 10.1. The van der Waals surface area contributed by atoms with Gasteiger partial charge in [0.25, 0.3) is 5.69 Å². The number of hydrogen-bond acceptors (Lipinski definition) is 3. The largest absolute Gasteiger partial charge is 0.496 e. The van der Waals surface area contributed by atoms with Crippen LogP contribution >= 0.6 is 0 Å². The van der Waals surface area contributed by atoms with Crippen molar-refractivity contribution in [1.82, 2.24) is 0 Å². The zero-order valence-electron chi connectivity index (χ0n) is 16.7. The molecule has 0 spiro atoms. The van der Waals surface area contributed by atoms with Gasteiger partial charge in [0.05, 0.1) is 12.0 Å². The summed E-state index contributed by atoms with van der Waals surface area (Å²) in [5, 5.41) is 13.2. The molecule has 4 rings (SSSR count). The van der Waals surface area contributed by atoms with Crippen molar-refractivity contribution in [2.75, 3.05) is 33.3 Å². The van der Waals surface area contributed by atoms with E-state index in [0.29, 0.717) is 0 Å². The fourth-order valence-electron chi connectivity index (χ4n) is 4.27. The molecular formula is C23H27N3O3+2. The molecule has 6 heteroatoms. The molecule has 1 aliphatic rings. The maximum absolute atomic E-state index is 10.8. The first-order valence-corrected chi connectivity index (χ1v) is 10.1. The average molecular weight is 393 g/mol. The molecule has 1 fully saturated rings. The van der Waals surface area contributed by atoms with E-state index in [1.165, 1.54) is 16.3 Å². The van der Waals surface area contributed by atoms with E-state index in [2.05, 4.69) is 36.4 Å². The number of piperazine rings is 1. The number of quaternary nitrogens is 2. The summed E-state index contributed by atoms with van der Waals surface area (Å²) in [6, 6.07) is 19.7. The van der Waals surface area contributed by atoms with E-state index in [-0.39, 0.29) is 10.6 Å². The summed E-state index contributed by atoms with van der Waals surface area (Å²) in [4.78, 5) is 13.6. The molecule has 0 bridgehead atoms. The van der Waals surface area contributed by atoms with Crippen LogP contribution in [0.4, 0.5) is 5.69 Å². The Morgan fingerprint density at radius 2 is 1.48 bits per heavy atom. The number of hydrogen-bond donors (Lipinski definition) is 2. The minimum atomic E-state index is -0.346. The smallest absolute Gasteiger partial charge is 0.269 e. The van der Waals surface area contributed by atoms with Crippen molar-refractivity contribution in [3.63, 3.8) is 0 Å². The molecule has 6 nitrogen and oxygen atoms in total. The minimum absolute atomic E-state index is 0.157. The van der Waals surface area contributed by atoms with Gasteiger partial charge in [0, 0.05) is 28.6 Å². The van der Waals surface area contributed by atoms with Crippen LogP contribution in [0, 0.1) is 10.1 Å². The van der Waals surface area contributed by atoms with Crippen LogP contribution < -0.4 is 14.5 Å². The van der Waals surface area contributed by atoms with Gasteiger partial charge >= 0.3 is 0 Å². The zero-order chi connectivity index (χ0) is 20.2. The molecule has 0 atom stereocenters. The number of nitro benzene ring substituents is 1. The molecule has 29 heavy (non-hydrogen) atoms. The molecule has 1 saturated heterocycles. The highest BCUT2D eigenvalue weighted by atomic mass is 16.6. The number of methoxy groups -OCH3 is 1. The fraction of sp³-hybridized carbons (Fsp3) is 0.304. The van der Waals surface area contributed by atoms with Crippen molar-refractivity contribution in [2.45, 2.75) is 13.1 Å². The van der Waals surface area contributed by atoms with E-state index in [1.807, 2.05) is 12.1 Å². The summed E-state index contributed by atoms with van der Waals surface area (Å²) < 4.78 is 5.52. The molecule has 0 amide bonds. The molecule has 0 aromatic heterocycles. The Labute approximate surface area is 170 Å². The molecule has 3 aromatic rings. The van der Waals surface area contributed by atoms with Crippen LogP contribution in [-0.4, -0.2) is 38.2 Å². The van der Waals surface area contributed by atoms with Gasteiger partial charge in [0.2, 0.25) is 0 Å². The SMILES string of the molecule is COc1ccc(C[NH+]2CC[NH+](Cc3ccc([N+](=O)[O-])cc3)CC2)c2ccccc12. The summed E-state index contributed by atoms with van der Waals surface area (Å²) in [7, 11) is 1.72. The summed E-state index contributed by atoms with van der Waals surface area (Å²) >= 11 is 0. The molecule has 3 aromatic carbocycles. The number of nitrogens with one attached hydrogen (secondary N) is 2. The van der Waals surface area contributed by atoms with Gasteiger partial charge in [-0.2, -0.15) is 0 Å². The standard InChI is InChI=1S/C23H25N3O3/c1-29-23-11-8-19(21-4-2-3-5-22(21)23)17-25-14-12-24(13-15-25)16-18-6-9-20(10-7-18)26(27)28/h2-11H,12-17H2,1H3/p+2. The second kappa shape index (κ2) is 8.59. The molecule has 1 aliphatic heterocycles. The summed E-state index contributed by atoms with van der Waals surface area (Å²) in [6.45, 7) is 6.43. The van der Waals surface area contributed by atoms with Gasteiger partial charge in [0.1, 0.15) is 45.0 Å². The number of nitro groups is 1. The lowest BCUT2D eigenvalue weighted by molar-refractivity contribution is -1.02. The van der Waals surface area contributed by atoms with Gasteiger partial charge in [0.15, 0.2) is 0 Å². The van der Waals surface area contributed by atoms with Crippen LogP contribution in [0.25, 0.3) is 10.8 Å². The first kappa shape index (κ1) is 19.4. The topological polar surface area (TPSA) is 61.2 Å². The Balaban J connectivity index is 1.37. The number of non-ortho nitro benzene ring substituents is 1. The Morgan fingerprint density at radius 1 is 0.862 bits per heavy atom. The van der Waals surface area contributed by atoms with Gasteiger partial charge in [-0.3, -0.25) is 10.1 Å². The van der Waals surface area contributed by atoms with Crippen LogP contribution in [-0.2, 0) is 13.1 Å². The van der Waals surface area contributed by atoms with Crippen molar-refractivity contribution in [3.8, 4) is 5.75 Å². The van der Waals surface area contributed by atoms with Crippen LogP contribution in [0.15, 0.2) is 60.7 Å². The highest BCUT2D eigenvalue weighted by Gasteiger charge is 2.24. The Morgan fingerprint density at radius 3 is 2.10 bits per heavy atom. The third-order valence-corrected chi connectivity index (χ3v) is 5.90. The summed E-state index contributed by atoms with van der Waals surface area (Å²) in [6.07, 6.45) is 0. The highest BCUT2D eigenvalue weighted by molar-refractivity contribution is 5.90. The maximum Gasteiger partial charge on any atom is 0.269 e. The van der Waals surface area contributed by atoms with E-state index in [0.717, 1.165) is 50.6 Å². The number of benzene rings is 3. The lowest BCUT2D eigenvalue weighted by Gasteiger charge is -2.30. The van der Waals surface area contributed by atoms with Crippen LogP contribution in [0.3, 0.4) is 0 Å². The second-order valence-corrected chi connectivity index (χ2v) is 7.75. The van der Waals surface area contributed by atoms with E-state index < -0.39 is 0 Å². The lowest BCUT2D eigenvalue weighted by atomic mass is 10.0. The van der Waals surface area contributed by atoms with E-state index in [9.17, 15) is 10.1 Å². The van der Waals surface area contributed by atoms with Crippen LogP contribution in [0.2, 0.25) is 0 Å². The number of ether oxygens (including phenoxy) is 1. The van der Waals surface area contributed by atoms with E-state index >= 15 is 0 Å². The number of rotatable bonds is 6. The van der Waals surface area contributed by atoms with Crippen molar-refractivity contribution < 1.29 is 19.5 Å². The second-order valence-electron chi connectivity index (χ2n) is 7.75. The zero-order valence-corrected chi connectivity index (χ0v) is 16.7. The van der Waals surface area contributed by atoms with Gasteiger partial charge in [-0.05, 0) is 29.7 Å². The third kappa shape index (κ3) is 4.39. The normalized spacial score (nSPS) is 19.2. The van der Waals surface area contributed by atoms with E-state index in [1.54, 1.807) is 29.0 Å². The first-order chi connectivity index (χ1) is 14.1. The van der Waals surface area contributed by atoms with Crippen LogP contribution in [0.5, 0.6) is 5.75 Å². The average Bonchev–Trinajstić information content (AvgIpc) is 2.76. The van der Waals surface area contributed by atoms with Gasteiger partial charge in [-0.25, -0.2) is 0 Å². The molecule has 0 saturated carbocycles. The molecule has 1 heterocycles. The van der Waals surface area contributed by atoms with Crippen molar-refractivity contribution in [3.05, 3.63) is 81.9 Å². The third-order valence-electron chi connectivity index (χ3n) is 5.90. The van der Waals surface area contributed by atoms with Crippen molar-refractivity contribution in [2.24, 2.45) is 0 Å². The fourth-order valence-corrected chi connectivity index (χ4v) is 4.27. The molecule has 0 radical (unpaired) electrons. The molecule has 150 valence electrons. The molecule has 0 aliphatic carbocycles. The van der Waals surface area contributed by atoms with Gasteiger partial charge in [-0.15, -0.1) is 0 Å². The Kier molecular flexibility index (Phi) is 5.74. The van der Waals surface area contributed by atoms with Gasteiger partial charge < -0.3 is 14.5 Å². The minimum Gasteiger partial charge on any atom is -0.496 e. The number of fused-ring (bicyclic) bond motifs is 1. The van der Waals surface area contributed by atoms with Gasteiger partial charge in [-0.1, -0.05) is 24.3 Å². The summed E-state index contributed by atoms with van der Waals surface area (Å²) in [5.41, 5.74) is 2.69. The lowest BCUT2D eigenvalue weighted by Crippen LogP contribution is -3.27. The predicted molar refractivity (Wildman–Crippen MR) is 112 cm³/mol. The molecular weight excluding hydrogens is 366 g/mol. The molecule has 0 unspecified atom stereocenters. The number of nitrogens with zero attached hydrogens (tertiary/aromatic N) is 1. The van der Waals surface area contributed by atoms with E-state index in [4.69, 9.17) is 4.74 Å². The predicted octanol–water partition coefficient (Wildman–Crippen LogP) is 1.24. The van der Waals surface area contributed by atoms with Crippen molar-refractivity contribution >= 4 is 16.5 Å². The molecule has 2 N–H and O–H groups in total. The Hall–Kier alpha value is -2.96. The maximum atomic E-state index is 10.8. The van der Waals surface area contributed by atoms with Crippen molar-refractivity contribution in [1.29, 1.82) is 0 Å². The van der Waals surface area contributed by atoms with Crippen LogP contribution in [0.1, 0.15) is 11.1 Å². The summed E-state index contributed by atoms with van der Waals surface area (Å²) in [5.74, 6) is 0.928. The highest BCUT2D eigenvalue weighted by Crippen LogP contribution is 2.27. The Bertz CT molecular complexity index is 996. The quantitative estimate of drug-likeness (QED) is 0.489. The monoisotopic (exact) mass is 393 g/mol.